The summed E-state index contributed by atoms with van der Waals surface area (Å²) < 4.78 is 28.4. The summed E-state index contributed by atoms with van der Waals surface area (Å²) in [5.41, 5.74) is 0.491. The smallest absolute Gasteiger partial charge is 0.363 e. The Morgan fingerprint density at radius 1 is 1.18 bits per heavy atom. The molecule has 0 aliphatic rings. The maximum atomic E-state index is 12.9. The predicted octanol–water partition coefficient (Wildman–Crippen LogP) is 3.81. The molecule has 1 rings (SSSR count). The Labute approximate surface area is 135 Å². The number of esters is 1. The lowest BCUT2D eigenvalue weighted by Gasteiger charge is -2.20. The summed E-state index contributed by atoms with van der Waals surface area (Å²) in [7, 11) is -3.56. The quantitative estimate of drug-likeness (QED) is 0.407. The van der Waals surface area contributed by atoms with E-state index in [1.54, 1.807) is 39.0 Å². The van der Waals surface area contributed by atoms with Crippen molar-refractivity contribution < 1.29 is 23.1 Å². The molecule has 0 saturated carbocycles. The van der Waals surface area contributed by atoms with Crippen LogP contribution in [0, 0.1) is 0 Å². The third-order valence-electron chi connectivity index (χ3n) is 2.58. The van der Waals surface area contributed by atoms with Crippen LogP contribution in [0.25, 0.3) is 6.08 Å². The summed E-state index contributed by atoms with van der Waals surface area (Å²) in [5.74, 6) is -0.490. The van der Waals surface area contributed by atoms with Crippen molar-refractivity contribution in [3.05, 3.63) is 34.9 Å². The van der Waals surface area contributed by atoms with Gasteiger partial charge in [-0.15, -0.1) is 0 Å². The first-order valence-corrected chi connectivity index (χ1v) is 8.93. The lowest BCUT2D eigenvalue weighted by molar-refractivity contribution is -0.137. The lowest BCUT2D eigenvalue weighted by atomic mass is 10.2. The zero-order chi connectivity index (χ0) is 16.6. The first-order valence-electron chi connectivity index (χ1n) is 7.01. The molecule has 0 amide bonds. The summed E-state index contributed by atoms with van der Waals surface area (Å²) >= 11 is 6.18. The van der Waals surface area contributed by atoms with Crippen molar-refractivity contribution in [3.63, 3.8) is 0 Å². The van der Waals surface area contributed by atoms with Crippen molar-refractivity contribution in [2.45, 2.75) is 20.8 Å². The number of halogens is 1. The number of ether oxygens (including phenoxy) is 1. The molecule has 0 aliphatic carbocycles. The highest BCUT2D eigenvalue weighted by atomic mass is 35.5. The van der Waals surface area contributed by atoms with Crippen LogP contribution in [-0.4, -0.2) is 25.8 Å². The van der Waals surface area contributed by atoms with Gasteiger partial charge in [-0.1, -0.05) is 23.7 Å². The van der Waals surface area contributed by atoms with Gasteiger partial charge in [-0.25, -0.2) is 4.79 Å². The molecule has 1 aromatic carbocycles. The first kappa shape index (κ1) is 18.9. The van der Waals surface area contributed by atoms with E-state index in [9.17, 15) is 9.36 Å². The van der Waals surface area contributed by atoms with Crippen LogP contribution < -0.4 is 5.30 Å². The maximum absolute atomic E-state index is 12.9. The molecule has 5 nitrogen and oxygen atoms in total. The molecule has 1 aromatic rings. The number of benzene rings is 1. The van der Waals surface area contributed by atoms with Gasteiger partial charge in [-0.05, 0) is 38.5 Å². The van der Waals surface area contributed by atoms with E-state index in [0.29, 0.717) is 5.56 Å². The van der Waals surface area contributed by atoms with Crippen LogP contribution in [0.15, 0.2) is 24.3 Å². The van der Waals surface area contributed by atoms with Crippen LogP contribution in [0.5, 0.6) is 0 Å². The van der Waals surface area contributed by atoms with E-state index in [2.05, 4.69) is 0 Å². The third-order valence-corrected chi connectivity index (χ3v) is 5.27. The monoisotopic (exact) mass is 346 g/mol. The van der Waals surface area contributed by atoms with Crippen LogP contribution in [-0.2, 0) is 23.1 Å². The van der Waals surface area contributed by atoms with Gasteiger partial charge in [0.15, 0.2) is 0 Å². The third kappa shape index (κ3) is 4.96. The zero-order valence-electron chi connectivity index (χ0n) is 12.9. The topological polar surface area (TPSA) is 61.8 Å². The average molecular weight is 347 g/mol. The van der Waals surface area contributed by atoms with Crippen LogP contribution in [0.2, 0.25) is 5.02 Å². The largest absolute Gasteiger partial charge is 0.463 e. The summed E-state index contributed by atoms with van der Waals surface area (Å²) in [5, 5.41) is 0.511. The van der Waals surface area contributed by atoms with Crippen LogP contribution in [0.1, 0.15) is 26.3 Å². The molecule has 0 unspecified atom stereocenters. The Morgan fingerprint density at radius 3 is 2.36 bits per heavy atom. The van der Waals surface area contributed by atoms with E-state index >= 15 is 0 Å². The standard InChI is InChI=1S/C15H20ClO5P/c1-4-19-14(17)11-10-12-8-7-9-13(16)15(12)22(18,20-5-2)21-6-3/h7-11H,4-6H2,1-3H3/b11-10+. The van der Waals surface area contributed by atoms with Crippen molar-refractivity contribution in [1.82, 2.24) is 0 Å². The van der Waals surface area contributed by atoms with Crippen molar-refractivity contribution in [2.24, 2.45) is 0 Å². The number of carbonyl (C=O) groups excluding carboxylic acids is 1. The van der Waals surface area contributed by atoms with Crippen molar-refractivity contribution >= 4 is 36.5 Å². The molecule has 0 heterocycles. The fourth-order valence-corrected chi connectivity index (χ4v) is 4.12. The Bertz CT molecular complexity index is 575. The van der Waals surface area contributed by atoms with Crippen LogP contribution in [0.3, 0.4) is 0 Å². The molecular formula is C15H20ClO5P. The molecule has 0 aliphatic heterocycles. The Hall–Kier alpha value is -1.13. The van der Waals surface area contributed by atoms with E-state index in [-0.39, 0.29) is 30.1 Å². The van der Waals surface area contributed by atoms with Gasteiger partial charge in [-0.3, -0.25) is 4.57 Å². The second-order valence-electron chi connectivity index (χ2n) is 4.10. The highest BCUT2D eigenvalue weighted by molar-refractivity contribution is 7.62. The Kier molecular flexibility index (Phi) is 7.83. The van der Waals surface area contributed by atoms with Crippen molar-refractivity contribution in [2.75, 3.05) is 19.8 Å². The van der Waals surface area contributed by atoms with Gasteiger partial charge in [0.25, 0.3) is 0 Å². The van der Waals surface area contributed by atoms with Gasteiger partial charge in [0.1, 0.15) is 0 Å². The molecule has 0 N–H and O–H groups in total. The molecule has 0 bridgehead atoms. The molecule has 122 valence electrons. The van der Waals surface area contributed by atoms with E-state index < -0.39 is 13.6 Å². The minimum absolute atomic E-state index is 0.212. The fraction of sp³-hybridized carbons (Fsp3) is 0.400. The molecule has 0 radical (unpaired) electrons. The SMILES string of the molecule is CCOC(=O)/C=C/c1cccc(Cl)c1P(=O)(OCC)OCC. The molecule has 0 atom stereocenters. The molecule has 0 aromatic heterocycles. The number of carbonyl (C=O) groups is 1. The van der Waals surface area contributed by atoms with E-state index in [1.807, 2.05) is 0 Å². The molecule has 0 saturated heterocycles. The van der Waals surface area contributed by atoms with Crippen molar-refractivity contribution in [3.8, 4) is 0 Å². The van der Waals surface area contributed by atoms with Crippen LogP contribution in [0.4, 0.5) is 0 Å². The summed E-state index contributed by atoms with van der Waals surface area (Å²) in [6.45, 7) is 5.86. The average Bonchev–Trinajstić information content (AvgIpc) is 2.45. The second-order valence-corrected chi connectivity index (χ2v) is 6.46. The molecule has 0 fully saturated rings. The van der Waals surface area contributed by atoms with Crippen LogP contribution >= 0.6 is 19.2 Å². The summed E-state index contributed by atoms with van der Waals surface area (Å²) in [4.78, 5) is 11.4. The van der Waals surface area contributed by atoms with Gasteiger partial charge < -0.3 is 13.8 Å². The highest BCUT2D eigenvalue weighted by Crippen LogP contribution is 2.49. The zero-order valence-corrected chi connectivity index (χ0v) is 14.5. The lowest BCUT2D eigenvalue weighted by Crippen LogP contribution is -2.15. The van der Waals surface area contributed by atoms with Crippen molar-refractivity contribution in [1.29, 1.82) is 0 Å². The van der Waals surface area contributed by atoms with Gasteiger partial charge in [-0.2, -0.15) is 0 Å². The van der Waals surface area contributed by atoms with Gasteiger partial charge in [0.05, 0.1) is 30.1 Å². The first-order chi connectivity index (χ1) is 10.5. The summed E-state index contributed by atoms with van der Waals surface area (Å²) in [6.07, 6.45) is 2.74. The molecule has 0 spiro atoms. The van der Waals surface area contributed by atoms with E-state index in [4.69, 9.17) is 25.4 Å². The van der Waals surface area contributed by atoms with E-state index in [1.165, 1.54) is 12.2 Å². The summed E-state index contributed by atoms with van der Waals surface area (Å²) in [6, 6.07) is 4.98. The second kappa shape index (κ2) is 9.11. The minimum Gasteiger partial charge on any atom is -0.463 e. The number of rotatable bonds is 8. The predicted molar refractivity (Wildman–Crippen MR) is 87.6 cm³/mol. The highest BCUT2D eigenvalue weighted by Gasteiger charge is 2.31. The fourth-order valence-electron chi connectivity index (χ4n) is 1.81. The number of hydrogen-bond acceptors (Lipinski definition) is 5. The minimum atomic E-state index is -3.56. The van der Waals surface area contributed by atoms with E-state index in [0.717, 1.165) is 0 Å². The van der Waals surface area contributed by atoms with Gasteiger partial charge in [0.2, 0.25) is 0 Å². The number of hydrogen-bond donors (Lipinski definition) is 0. The normalized spacial score (nSPS) is 11.8. The molecule has 7 heteroatoms. The Balaban J connectivity index is 3.28. The molecule has 22 heavy (non-hydrogen) atoms. The van der Waals surface area contributed by atoms with Gasteiger partial charge in [0, 0.05) is 6.08 Å². The maximum Gasteiger partial charge on any atom is 0.363 e. The Morgan fingerprint density at radius 2 is 1.82 bits per heavy atom. The molecular weight excluding hydrogens is 327 g/mol. The van der Waals surface area contributed by atoms with Gasteiger partial charge >= 0.3 is 13.6 Å².